The summed E-state index contributed by atoms with van der Waals surface area (Å²) in [5.41, 5.74) is 0. The third-order valence-electron chi connectivity index (χ3n) is 1.67. The molecule has 2 aliphatic heterocycles. The van der Waals surface area contributed by atoms with Crippen molar-refractivity contribution < 1.29 is 14.3 Å². The van der Waals surface area contributed by atoms with Gasteiger partial charge in [0.05, 0.1) is 12.5 Å². The smallest absolute Gasteiger partial charge is 0.308 e. The molecular weight excluding hydrogens is 132 g/mol. The Bertz CT molecular complexity index is 185. The van der Waals surface area contributed by atoms with E-state index < -0.39 is 0 Å². The van der Waals surface area contributed by atoms with Crippen LogP contribution in [0.5, 0.6) is 0 Å². The highest BCUT2D eigenvalue weighted by Crippen LogP contribution is 2.18. The number of fused-ring (bicyclic) bond motifs is 2. The summed E-state index contributed by atoms with van der Waals surface area (Å²) in [5.74, 6) is -0.156. The van der Waals surface area contributed by atoms with Crippen molar-refractivity contribution in [1.82, 2.24) is 0 Å². The molecule has 54 valence electrons. The van der Waals surface area contributed by atoms with Crippen LogP contribution >= 0.6 is 0 Å². The third-order valence-corrected chi connectivity index (χ3v) is 1.67. The van der Waals surface area contributed by atoms with E-state index in [1.807, 2.05) is 12.2 Å². The van der Waals surface area contributed by atoms with Crippen molar-refractivity contribution in [2.75, 3.05) is 6.61 Å². The molecule has 2 bridgehead atoms. The van der Waals surface area contributed by atoms with Crippen molar-refractivity contribution >= 4 is 5.97 Å². The molecule has 1 fully saturated rings. The molecule has 2 rings (SSSR count). The molecule has 0 aliphatic carbocycles. The van der Waals surface area contributed by atoms with Crippen molar-refractivity contribution in [3.8, 4) is 0 Å². The Hall–Kier alpha value is -0.830. The Morgan fingerprint density at radius 2 is 2.20 bits per heavy atom. The summed E-state index contributed by atoms with van der Waals surface area (Å²) in [5, 5.41) is 0. The van der Waals surface area contributed by atoms with Crippen molar-refractivity contribution in [3.63, 3.8) is 0 Å². The zero-order valence-electron chi connectivity index (χ0n) is 5.45. The molecule has 1 saturated heterocycles. The third kappa shape index (κ3) is 0.926. The molecule has 0 unspecified atom stereocenters. The molecule has 0 N–H and O–H groups in total. The van der Waals surface area contributed by atoms with Gasteiger partial charge in [0.15, 0.2) is 0 Å². The van der Waals surface area contributed by atoms with Gasteiger partial charge >= 0.3 is 5.97 Å². The van der Waals surface area contributed by atoms with Crippen LogP contribution in [0, 0.1) is 0 Å². The Labute approximate surface area is 58.6 Å². The fourth-order valence-corrected chi connectivity index (χ4v) is 1.17. The number of rotatable bonds is 0. The van der Waals surface area contributed by atoms with E-state index in [0.717, 1.165) is 0 Å². The lowest BCUT2D eigenvalue weighted by Gasteiger charge is -2.04. The van der Waals surface area contributed by atoms with Crippen molar-refractivity contribution in [2.24, 2.45) is 0 Å². The first kappa shape index (κ1) is 5.92. The molecule has 3 nitrogen and oxygen atoms in total. The van der Waals surface area contributed by atoms with E-state index in [4.69, 9.17) is 9.47 Å². The normalized spacial score (nSPS) is 37.4. The summed E-state index contributed by atoms with van der Waals surface area (Å²) < 4.78 is 10.2. The van der Waals surface area contributed by atoms with E-state index in [2.05, 4.69) is 0 Å². The Balaban J connectivity index is 2.14. The molecule has 3 heteroatoms. The summed E-state index contributed by atoms with van der Waals surface area (Å²) in [7, 11) is 0. The molecule has 0 aromatic heterocycles. The van der Waals surface area contributed by atoms with Crippen molar-refractivity contribution in [3.05, 3.63) is 12.2 Å². The molecule has 0 aromatic carbocycles. The number of esters is 1. The van der Waals surface area contributed by atoms with Crippen LogP contribution in [-0.4, -0.2) is 24.8 Å². The average molecular weight is 140 g/mol. The monoisotopic (exact) mass is 140 g/mol. The summed E-state index contributed by atoms with van der Waals surface area (Å²) in [6.45, 7) is 0.381. The van der Waals surface area contributed by atoms with Crippen LogP contribution in [0.25, 0.3) is 0 Å². The SMILES string of the molecule is O=C1C[C@H]2C=C[C@@H](CO1)O2. The largest absolute Gasteiger partial charge is 0.462 e. The second-order valence-corrected chi connectivity index (χ2v) is 2.49. The van der Waals surface area contributed by atoms with Crippen LogP contribution in [0.2, 0.25) is 0 Å². The molecule has 0 spiro atoms. The molecule has 0 saturated carbocycles. The van der Waals surface area contributed by atoms with Gasteiger partial charge in [-0.05, 0) is 0 Å². The van der Waals surface area contributed by atoms with Crippen LogP contribution < -0.4 is 0 Å². The zero-order valence-corrected chi connectivity index (χ0v) is 5.45. The number of hydrogen-bond donors (Lipinski definition) is 0. The van der Waals surface area contributed by atoms with E-state index in [1.165, 1.54) is 0 Å². The van der Waals surface area contributed by atoms with Crippen LogP contribution in [0.4, 0.5) is 0 Å². The first-order chi connectivity index (χ1) is 4.84. The van der Waals surface area contributed by atoms with E-state index in [-0.39, 0.29) is 18.2 Å². The van der Waals surface area contributed by atoms with Crippen LogP contribution in [-0.2, 0) is 14.3 Å². The van der Waals surface area contributed by atoms with Gasteiger partial charge in [-0.2, -0.15) is 0 Å². The summed E-state index contributed by atoms with van der Waals surface area (Å²) in [4.78, 5) is 10.7. The van der Waals surface area contributed by atoms with Gasteiger partial charge in [0.1, 0.15) is 12.7 Å². The Kier molecular flexibility index (Phi) is 1.24. The highest BCUT2D eigenvalue weighted by molar-refractivity contribution is 5.70. The Morgan fingerprint density at radius 1 is 1.40 bits per heavy atom. The first-order valence-corrected chi connectivity index (χ1v) is 3.34. The number of ether oxygens (including phenoxy) is 2. The number of cyclic esters (lactones) is 1. The lowest BCUT2D eigenvalue weighted by atomic mass is 10.2. The van der Waals surface area contributed by atoms with E-state index in [1.54, 1.807) is 0 Å². The number of hydrogen-bond acceptors (Lipinski definition) is 3. The van der Waals surface area contributed by atoms with Crippen LogP contribution in [0.1, 0.15) is 6.42 Å². The van der Waals surface area contributed by atoms with Gasteiger partial charge in [-0.25, -0.2) is 0 Å². The quantitative estimate of drug-likeness (QED) is 0.357. The van der Waals surface area contributed by atoms with E-state index in [0.29, 0.717) is 13.0 Å². The zero-order chi connectivity index (χ0) is 6.97. The maximum Gasteiger partial charge on any atom is 0.308 e. The molecule has 2 atom stereocenters. The summed E-state index contributed by atoms with van der Waals surface area (Å²) in [6.07, 6.45) is 4.21. The van der Waals surface area contributed by atoms with Gasteiger partial charge < -0.3 is 9.47 Å². The molecule has 0 radical (unpaired) electrons. The lowest BCUT2D eigenvalue weighted by Crippen LogP contribution is -2.12. The van der Waals surface area contributed by atoms with Gasteiger partial charge in [0.25, 0.3) is 0 Å². The molecular formula is C7H8O3. The topological polar surface area (TPSA) is 35.5 Å². The molecule has 10 heavy (non-hydrogen) atoms. The average Bonchev–Trinajstić information content (AvgIpc) is 2.22. The first-order valence-electron chi connectivity index (χ1n) is 3.34. The molecule has 2 heterocycles. The standard InChI is InChI=1S/C7H8O3/c8-7-3-5-1-2-6(10-5)4-9-7/h1-2,5-6H,3-4H2/t5-,6+/m1/s1. The fraction of sp³-hybridized carbons (Fsp3) is 0.571. The molecule has 2 aliphatic rings. The number of carbonyl (C=O) groups is 1. The maximum atomic E-state index is 10.7. The van der Waals surface area contributed by atoms with Gasteiger partial charge in [-0.1, -0.05) is 12.2 Å². The molecule has 0 aromatic rings. The van der Waals surface area contributed by atoms with Crippen LogP contribution in [0.15, 0.2) is 12.2 Å². The van der Waals surface area contributed by atoms with Crippen molar-refractivity contribution in [2.45, 2.75) is 18.6 Å². The van der Waals surface area contributed by atoms with Gasteiger partial charge in [0, 0.05) is 0 Å². The lowest BCUT2D eigenvalue weighted by molar-refractivity contribution is -0.142. The Morgan fingerprint density at radius 3 is 3.10 bits per heavy atom. The minimum absolute atomic E-state index is 0.0106. The minimum atomic E-state index is -0.156. The molecule has 0 amide bonds. The predicted molar refractivity (Wildman–Crippen MR) is 33.4 cm³/mol. The fourth-order valence-electron chi connectivity index (χ4n) is 1.17. The van der Waals surface area contributed by atoms with Crippen molar-refractivity contribution in [1.29, 1.82) is 0 Å². The summed E-state index contributed by atoms with van der Waals surface area (Å²) in [6, 6.07) is 0. The second kappa shape index (κ2) is 2.09. The van der Waals surface area contributed by atoms with Gasteiger partial charge in [-0.3, -0.25) is 4.79 Å². The highest BCUT2D eigenvalue weighted by atomic mass is 16.6. The van der Waals surface area contributed by atoms with Gasteiger partial charge in [0.2, 0.25) is 0 Å². The van der Waals surface area contributed by atoms with E-state index in [9.17, 15) is 4.79 Å². The predicted octanol–water partition coefficient (Wildman–Crippen LogP) is 0.257. The van der Waals surface area contributed by atoms with Gasteiger partial charge in [-0.15, -0.1) is 0 Å². The van der Waals surface area contributed by atoms with Crippen LogP contribution in [0.3, 0.4) is 0 Å². The van der Waals surface area contributed by atoms with E-state index >= 15 is 0 Å². The second-order valence-electron chi connectivity index (χ2n) is 2.49. The summed E-state index contributed by atoms with van der Waals surface area (Å²) >= 11 is 0. The minimum Gasteiger partial charge on any atom is -0.462 e. The number of carbonyl (C=O) groups excluding carboxylic acids is 1. The maximum absolute atomic E-state index is 10.7. The highest BCUT2D eigenvalue weighted by Gasteiger charge is 2.26.